The van der Waals surface area contributed by atoms with Gasteiger partial charge in [-0.05, 0) is 153 Å². The first kappa shape index (κ1) is 59.2. The van der Waals surface area contributed by atoms with Crippen molar-refractivity contribution in [3.05, 3.63) is 166 Å². The van der Waals surface area contributed by atoms with E-state index in [-0.39, 0.29) is 52.0 Å². The second-order valence-electron chi connectivity index (χ2n) is 20.1. The number of aromatic hydroxyl groups is 1. The number of rotatable bonds is 18. The van der Waals surface area contributed by atoms with E-state index in [0.717, 1.165) is 75.9 Å². The summed E-state index contributed by atoms with van der Waals surface area (Å²) in [6, 6.07) is 36.6. The first-order valence-corrected chi connectivity index (χ1v) is 25.4. The van der Waals surface area contributed by atoms with Gasteiger partial charge in [-0.3, -0.25) is 9.59 Å². The minimum Gasteiger partial charge on any atom is -0.508 e. The van der Waals surface area contributed by atoms with Gasteiger partial charge in [0.1, 0.15) is 41.2 Å². The molecule has 6 aromatic rings. The molecule has 0 bridgehead atoms. The average Bonchev–Trinajstić information content (AvgIpc) is 3.38. The summed E-state index contributed by atoms with van der Waals surface area (Å²) in [5.41, 5.74) is 8.74. The molecule has 0 saturated carbocycles. The standard InChI is InChI=1S/C31H37FO4.C18H20ClFO.C13H18O3/c1-7-8-23(18-30(33)35-6)22-10-12-24(13-11-22)36-20-21-9-15-28(31(2,3)4)26(17-21)27-19-25(34-5)14-16-29(27)32;1-18(2,3)16-7-5-12(11-19)9-14(16)15-10-13(21-4)6-8-17(15)20;1-3-4-11(9-13(15)16-2)10-5-7-12(14)8-6-10/h9-17,19,23H,7-8,18,20H2,1-6H3;5-10H,11H2,1-4H3;5-8,11,14H,3-4,9H2,1-2H3/t23-;;11-/m1.1/s1. The van der Waals surface area contributed by atoms with Crippen LogP contribution in [0.15, 0.2) is 121 Å². The number of halogens is 3. The van der Waals surface area contributed by atoms with Gasteiger partial charge in [-0.2, -0.15) is 0 Å². The number of carbonyl (C=O) groups is 2. The van der Waals surface area contributed by atoms with Gasteiger partial charge in [0.05, 0.1) is 41.3 Å². The van der Waals surface area contributed by atoms with Crippen molar-refractivity contribution >= 4 is 23.5 Å². The Bertz CT molecular complexity index is 2690. The Morgan fingerprint density at radius 2 is 0.932 bits per heavy atom. The third-order valence-electron chi connectivity index (χ3n) is 12.5. The van der Waals surface area contributed by atoms with Gasteiger partial charge in [0, 0.05) is 17.0 Å². The lowest BCUT2D eigenvalue weighted by Crippen LogP contribution is -2.13. The third-order valence-corrected chi connectivity index (χ3v) is 12.9. The lowest BCUT2D eigenvalue weighted by Gasteiger charge is -2.24. The molecule has 0 saturated heterocycles. The maximum Gasteiger partial charge on any atom is 0.306 e. The summed E-state index contributed by atoms with van der Waals surface area (Å²) in [5.74, 6) is 2.02. The van der Waals surface area contributed by atoms with Gasteiger partial charge in [-0.15, -0.1) is 11.6 Å². The van der Waals surface area contributed by atoms with Crippen molar-refractivity contribution in [1.29, 1.82) is 0 Å². The molecule has 0 fully saturated rings. The normalized spacial score (nSPS) is 12.0. The van der Waals surface area contributed by atoms with Crippen LogP contribution in [0.5, 0.6) is 23.0 Å². The van der Waals surface area contributed by atoms with Crippen molar-refractivity contribution in [2.45, 2.75) is 129 Å². The number of alkyl halides is 1. The topological polar surface area (TPSA) is 101 Å². The molecule has 73 heavy (non-hydrogen) atoms. The first-order valence-electron chi connectivity index (χ1n) is 24.9. The molecule has 0 aliphatic carbocycles. The van der Waals surface area contributed by atoms with Crippen LogP contribution in [-0.2, 0) is 42.4 Å². The van der Waals surface area contributed by atoms with Gasteiger partial charge in [0.2, 0.25) is 0 Å². The molecule has 2 atom stereocenters. The fourth-order valence-electron chi connectivity index (χ4n) is 8.57. The number of esters is 2. The SMILES string of the molecule is CCC[C@H](CC(=O)OC)c1ccc(O)cc1.CCC[C@H](CC(=O)OC)c1ccc(OCc2ccc(C(C)(C)C)c(-c3cc(OC)ccc3F)c2)cc1.COc1ccc(F)c(-c2cc(CCl)ccc2C(C)(C)C)c1. The van der Waals surface area contributed by atoms with E-state index < -0.39 is 0 Å². The van der Waals surface area contributed by atoms with E-state index in [2.05, 4.69) is 66.2 Å². The van der Waals surface area contributed by atoms with Crippen LogP contribution in [0.3, 0.4) is 0 Å². The first-order chi connectivity index (χ1) is 34.7. The highest BCUT2D eigenvalue weighted by atomic mass is 35.5. The fraction of sp³-hybridized carbons (Fsp3) is 0.387. The minimum atomic E-state index is -0.288. The predicted molar refractivity (Wildman–Crippen MR) is 291 cm³/mol. The van der Waals surface area contributed by atoms with E-state index in [1.54, 1.807) is 50.6 Å². The molecule has 0 spiro atoms. The number of hydrogen-bond acceptors (Lipinski definition) is 8. The lowest BCUT2D eigenvalue weighted by molar-refractivity contribution is -0.142. The molecule has 8 nitrogen and oxygen atoms in total. The van der Waals surface area contributed by atoms with Gasteiger partial charge in [0.25, 0.3) is 0 Å². The number of carbonyl (C=O) groups excluding carboxylic acids is 2. The molecule has 0 aliphatic heterocycles. The van der Waals surface area contributed by atoms with Crippen molar-refractivity contribution in [2.75, 3.05) is 28.4 Å². The van der Waals surface area contributed by atoms with Crippen molar-refractivity contribution in [2.24, 2.45) is 0 Å². The minimum absolute atomic E-state index is 0.0876. The zero-order valence-corrected chi connectivity index (χ0v) is 45.6. The highest BCUT2D eigenvalue weighted by molar-refractivity contribution is 6.17. The van der Waals surface area contributed by atoms with Gasteiger partial charge in [0.15, 0.2) is 0 Å². The molecule has 0 unspecified atom stereocenters. The van der Waals surface area contributed by atoms with E-state index in [0.29, 0.717) is 48.0 Å². The Balaban J connectivity index is 0.000000263. The molecule has 0 aliphatic rings. The number of ether oxygens (including phenoxy) is 5. The Morgan fingerprint density at radius 3 is 1.32 bits per heavy atom. The Kier molecular flexibility index (Phi) is 22.8. The molecule has 0 amide bonds. The van der Waals surface area contributed by atoms with Crippen LogP contribution in [0.1, 0.15) is 139 Å². The maximum absolute atomic E-state index is 14.9. The highest BCUT2D eigenvalue weighted by Gasteiger charge is 2.24. The number of methoxy groups -OCH3 is 4. The van der Waals surface area contributed by atoms with Crippen LogP contribution >= 0.6 is 11.6 Å². The van der Waals surface area contributed by atoms with Crippen molar-refractivity contribution < 1.29 is 47.2 Å². The summed E-state index contributed by atoms with van der Waals surface area (Å²) in [7, 11) is 5.99. The monoisotopic (exact) mass is 1020 g/mol. The third kappa shape index (κ3) is 17.7. The molecule has 0 radical (unpaired) electrons. The summed E-state index contributed by atoms with van der Waals surface area (Å²) >= 11 is 5.93. The number of phenols is 1. The Morgan fingerprint density at radius 1 is 0.534 bits per heavy atom. The molecule has 11 heteroatoms. The van der Waals surface area contributed by atoms with Crippen LogP contribution < -0.4 is 14.2 Å². The summed E-state index contributed by atoms with van der Waals surface area (Å²) in [4.78, 5) is 23.1. The zero-order valence-electron chi connectivity index (χ0n) is 44.8. The summed E-state index contributed by atoms with van der Waals surface area (Å²) < 4.78 is 55.4. The van der Waals surface area contributed by atoms with Gasteiger partial charge in [-0.25, -0.2) is 8.78 Å². The number of phenolic OH excluding ortho intramolecular Hbond substituents is 1. The van der Waals surface area contributed by atoms with Crippen molar-refractivity contribution in [1.82, 2.24) is 0 Å². The Hall–Kier alpha value is -6.39. The smallest absolute Gasteiger partial charge is 0.306 e. The Labute approximate surface area is 438 Å². The molecule has 6 rings (SSSR count). The van der Waals surface area contributed by atoms with Gasteiger partial charge in [-0.1, -0.05) is 117 Å². The van der Waals surface area contributed by atoms with E-state index in [1.165, 1.54) is 26.4 Å². The molecular weight excluding hydrogens is 946 g/mol. The second kappa shape index (κ2) is 28.2. The molecule has 1 N–H and O–H groups in total. The average molecular weight is 1020 g/mol. The molecule has 0 aromatic heterocycles. The maximum atomic E-state index is 14.9. The fourth-order valence-corrected chi connectivity index (χ4v) is 8.74. The van der Waals surface area contributed by atoms with Crippen molar-refractivity contribution in [3.63, 3.8) is 0 Å². The van der Waals surface area contributed by atoms with Crippen LogP contribution in [-0.4, -0.2) is 45.5 Å². The van der Waals surface area contributed by atoms with Crippen molar-refractivity contribution in [3.8, 4) is 45.3 Å². The van der Waals surface area contributed by atoms with E-state index >= 15 is 0 Å². The molecule has 392 valence electrons. The van der Waals surface area contributed by atoms with E-state index in [9.17, 15) is 23.5 Å². The summed E-state index contributed by atoms with van der Waals surface area (Å²) in [5, 5.41) is 9.20. The summed E-state index contributed by atoms with van der Waals surface area (Å²) in [6.45, 7) is 17.2. The predicted octanol–water partition coefficient (Wildman–Crippen LogP) is 16.2. The van der Waals surface area contributed by atoms with E-state index in [4.69, 9.17) is 30.5 Å². The largest absolute Gasteiger partial charge is 0.508 e. The molecule has 6 aromatic carbocycles. The van der Waals surface area contributed by atoms with E-state index in [1.807, 2.05) is 66.7 Å². The van der Waals surface area contributed by atoms with Gasteiger partial charge < -0.3 is 28.8 Å². The van der Waals surface area contributed by atoms with Crippen LogP contribution in [0.4, 0.5) is 8.78 Å². The van der Waals surface area contributed by atoms with Crippen LogP contribution in [0.25, 0.3) is 22.3 Å². The van der Waals surface area contributed by atoms with Crippen LogP contribution in [0, 0.1) is 11.6 Å². The number of hydrogen-bond donors (Lipinski definition) is 1. The quantitative estimate of drug-likeness (QED) is 0.0671. The van der Waals surface area contributed by atoms with Crippen LogP contribution in [0.2, 0.25) is 0 Å². The highest BCUT2D eigenvalue weighted by Crippen LogP contribution is 2.39. The summed E-state index contributed by atoms with van der Waals surface area (Å²) in [6.07, 6.45) is 4.63. The van der Waals surface area contributed by atoms with Gasteiger partial charge >= 0.3 is 11.9 Å². The second-order valence-corrected chi connectivity index (χ2v) is 20.3. The molecule has 0 heterocycles. The number of benzene rings is 6. The molecular formula is C62H75ClF2O8. The zero-order chi connectivity index (χ0) is 53.9. The lowest BCUT2D eigenvalue weighted by atomic mass is 9.81.